The summed E-state index contributed by atoms with van der Waals surface area (Å²) in [5, 5.41) is 0.663. The first kappa shape index (κ1) is 13.0. The molecule has 0 unspecified atom stereocenters. The van der Waals surface area contributed by atoms with Crippen molar-refractivity contribution in [2.45, 2.75) is 38.0 Å². The van der Waals surface area contributed by atoms with Gasteiger partial charge in [-0.2, -0.15) is 0 Å². The lowest BCUT2D eigenvalue weighted by Crippen LogP contribution is -2.28. The summed E-state index contributed by atoms with van der Waals surface area (Å²) < 4.78 is 0. The molecule has 0 bridgehead atoms. The quantitative estimate of drug-likeness (QED) is 0.749. The molecule has 1 saturated heterocycles. The summed E-state index contributed by atoms with van der Waals surface area (Å²) in [6, 6.07) is 3.90. The zero-order chi connectivity index (χ0) is 12.1. The van der Waals surface area contributed by atoms with Gasteiger partial charge in [-0.05, 0) is 25.0 Å². The molecule has 2 heterocycles. The van der Waals surface area contributed by atoms with Crippen molar-refractivity contribution < 1.29 is 0 Å². The molecule has 0 aliphatic carbocycles. The van der Waals surface area contributed by atoms with Gasteiger partial charge in [-0.3, -0.25) is 0 Å². The van der Waals surface area contributed by atoms with Gasteiger partial charge in [0.1, 0.15) is 5.82 Å². The van der Waals surface area contributed by atoms with E-state index in [9.17, 15) is 0 Å². The van der Waals surface area contributed by atoms with Gasteiger partial charge in [-0.25, -0.2) is 4.98 Å². The molecule has 0 amide bonds. The molecule has 0 radical (unpaired) electrons. The van der Waals surface area contributed by atoms with Gasteiger partial charge in [-0.15, -0.1) is 11.6 Å². The molecule has 0 atom stereocenters. The first-order valence-corrected chi connectivity index (χ1v) is 7.19. The van der Waals surface area contributed by atoms with Crippen LogP contribution in [0.15, 0.2) is 12.1 Å². The van der Waals surface area contributed by atoms with E-state index in [2.05, 4.69) is 9.88 Å². The first-order valence-electron chi connectivity index (χ1n) is 6.27. The van der Waals surface area contributed by atoms with Gasteiger partial charge in [0.25, 0.3) is 0 Å². The average Bonchev–Trinajstić information content (AvgIpc) is 2.30. The molecule has 0 aromatic carbocycles. The maximum Gasteiger partial charge on any atom is 0.128 e. The minimum absolute atomic E-state index is 0.376. The lowest BCUT2D eigenvalue weighted by atomic mass is 10.1. The fourth-order valence-electron chi connectivity index (χ4n) is 2.22. The summed E-state index contributed by atoms with van der Waals surface area (Å²) in [7, 11) is 0. The monoisotopic (exact) mass is 272 g/mol. The van der Waals surface area contributed by atoms with Gasteiger partial charge in [0.2, 0.25) is 0 Å². The van der Waals surface area contributed by atoms with E-state index in [0.717, 1.165) is 24.6 Å². The number of aromatic nitrogens is 1. The van der Waals surface area contributed by atoms with Gasteiger partial charge < -0.3 is 4.90 Å². The van der Waals surface area contributed by atoms with Crippen molar-refractivity contribution >= 4 is 29.0 Å². The molecule has 0 saturated carbocycles. The standard InChI is InChI=1S/C13H18Cl2N2/c14-10-12-11(15)6-7-13(16-12)17-8-4-2-1-3-5-9-17/h6-7H,1-5,8-10H2. The number of nitrogens with zero attached hydrogens (tertiary/aromatic N) is 2. The molecular weight excluding hydrogens is 255 g/mol. The summed E-state index contributed by atoms with van der Waals surface area (Å²) in [6.07, 6.45) is 6.52. The van der Waals surface area contributed by atoms with Crippen LogP contribution in [-0.4, -0.2) is 18.1 Å². The average molecular weight is 273 g/mol. The summed E-state index contributed by atoms with van der Waals surface area (Å²) in [5.74, 6) is 1.40. The molecule has 4 heteroatoms. The largest absolute Gasteiger partial charge is 0.357 e. The zero-order valence-corrected chi connectivity index (χ0v) is 11.5. The highest BCUT2D eigenvalue weighted by atomic mass is 35.5. The number of hydrogen-bond acceptors (Lipinski definition) is 2. The molecule has 0 N–H and O–H groups in total. The number of alkyl halides is 1. The zero-order valence-electron chi connectivity index (χ0n) is 9.96. The highest BCUT2D eigenvalue weighted by Gasteiger charge is 2.11. The molecule has 1 aromatic heterocycles. The summed E-state index contributed by atoms with van der Waals surface area (Å²) >= 11 is 11.9. The second kappa shape index (κ2) is 6.46. The lowest BCUT2D eigenvalue weighted by Gasteiger charge is -2.26. The number of rotatable bonds is 2. The maximum atomic E-state index is 6.03. The highest BCUT2D eigenvalue weighted by Crippen LogP contribution is 2.22. The molecule has 2 rings (SSSR count). The normalized spacial score (nSPS) is 17.6. The Balaban J connectivity index is 2.13. The second-order valence-corrected chi connectivity index (χ2v) is 5.16. The number of pyridine rings is 1. The molecule has 17 heavy (non-hydrogen) atoms. The maximum absolute atomic E-state index is 6.03. The van der Waals surface area contributed by atoms with Crippen molar-refractivity contribution in [1.29, 1.82) is 0 Å². The van der Waals surface area contributed by atoms with Gasteiger partial charge >= 0.3 is 0 Å². The summed E-state index contributed by atoms with van der Waals surface area (Å²) in [4.78, 5) is 6.90. The fourth-order valence-corrected chi connectivity index (χ4v) is 2.66. The molecule has 1 fully saturated rings. The third kappa shape index (κ3) is 3.49. The van der Waals surface area contributed by atoms with Crippen LogP contribution in [0.4, 0.5) is 5.82 Å². The van der Waals surface area contributed by atoms with Crippen LogP contribution in [0, 0.1) is 0 Å². The number of anilines is 1. The second-order valence-electron chi connectivity index (χ2n) is 4.49. The molecule has 1 aliphatic heterocycles. The Hall–Kier alpha value is -0.470. The van der Waals surface area contributed by atoms with Gasteiger partial charge in [0.05, 0.1) is 16.6 Å². The van der Waals surface area contributed by atoms with Crippen molar-refractivity contribution in [3.05, 3.63) is 22.8 Å². The summed E-state index contributed by atoms with van der Waals surface area (Å²) in [6.45, 7) is 2.19. The van der Waals surface area contributed by atoms with E-state index in [1.165, 1.54) is 32.1 Å². The van der Waals surface area contributed by atoms with Crippen molar-refractivity contribution in [3.63, 3.8) is 0 Å². The van der Waals surface area contributed by atoms with Crippen molar-refractivity contribution in [2.75, 3.05) is 18.0 Å². The molecule has 1 aliphatic rings. The number of hydrogen-bond donors (Lipinski definition) is 0. The van der Waals surface area contributed by atoms with E-state index in [1.54, 1.807) is 0 Å². The Morgan fingerprint density at radius 3 is 2.35 bits per heavy atom. The minimum atomic E-state index is 0.376. The van der Waals surface area contributed by atoms with Crippen LogP contribution in [0.5, 0.6) is 0 Å². The predicted molar refractivity (Wildman–Crippen MR) is 74.1 cm³/mol. The van der Waals surface area contributed by atoms with Gasteiger partial charge in [0.15, 0.2) is 0 Å². The first-order chi connectivity index (χ1) is 8.31. The Bertz CT molecular complexity index is 360. The minimum Gasteiger partial charge on any atom is -0.357 e. The molecule has 94 valence electrons. The van der Waals surface area contributed by atoms with Crippen LogP contribution < -0.4 is 4.90 Å². The van der Waals surface area contributed by atoms with Crippen molar-refractivity contribution in [1.82, 2.24) is 4.98 Å². The van der Waals surface area contributed by atoms with Gasteiger partial charge in [0, 0.05) is 13.1 Å². The van der Waals surface area contributed by atoms with Crippen molar-refractivity contribution in [2.24, 2.45) is 0 Å². The van der Waals surface area contributed by atoms with E-state index in [4.69, 9.17) is 23.2 Å². The Morgan fingerprint density at radius 1 is 1.06 bits per heavy atom. The fraction of sp³-hybridized carbons (Fsp3) is 0.615. The topological polar surface area (TPSA) is 16.1 Å². The van der Waals surface area contributed by atoms with E-state index in [0.29, 0.717) is 10.9 Å². The van der Waals surface area contributed by atoms with Crippen LogP contribution in [0.1, 0.15) is 37.8 Å². The van der Waals surface area contributed by atoms with Crippen LogP contribution in [0.2, 0.25) is 5.02 Å². The summed E-state index contributed by atoms with van der Waals surface area (Å²) in [5.41, 5.74) is 0.785. The SMILES string of the molecule is ClCc1nc(N2CCCCCCC2)ccc1Cl. The molecule has 1 aromatic rings. The third-order valence-corrected chi connectivity index (χ3v) is 3.81. The van der Waals surface area contributed by atoms with Crippen LogP contribution in [0.25, 0.3) is 0 Å². The molecular formula is C13H18Cl2N2. The Morgan fingerprint density at radius 2 is 1.71 bits per heavy atom. The Kier molecular flexibility index (Phi) is 4.93. The number of halogens is 2. The van der Waals surface area contributed by atoms with E-state index in [1.807, 2.05) is 12.1 Å². The van der Waals surface area contributed by atoms with Crippen molar-refractivity contribution in [3.8, 4) is 0 Å². The highest BCUT2D eigenvalue weighted by molar-refractivity contribution is 6.32. The predicted octanol–water partition coefficient (Wildman–Crippen LogP) is 4.24. The lowest BCUT2D eigenvalue weighted by molar-refractivity contribution is 0.553. The van der Waals surface area contributed by atoms with E-state index >= 15 is 0 Å². The molecule has 0 spiro atoms. The smallest absolute Gasteiger partial charge is 0.128 e. The van der Waals surface area contributed by atoms with E-state index in [-0.39, 0.29) is 0 Å². The van der Waals surface area contributed by atoms with Crippen LogP contribution in [-0.2, 0) is 5.88 Å². The van der Waals surface area contributed by atoms with E-state index < -0.39 is 0 Å². The van der Waals surface area contributed by atoms with Crippen LogP contribution >= 0.6 is 23.2 Å². The van der Waals surface area contributed by atoms with Gasteiger partial charge in [-0.1, -0.05) is 30.9 Å². The van der Waals surface area contributed by atoms with Crippen LogP contribution in [0.3, 0.4) is 0 Å². The molecule has 2 nitrogen and oxygen atoms in total. The Labute approximate surface area is 113 Å². The third-order valence-electron chi connectivity index (χ3n) is 3.21.